The van der Waals surface area contributed by atoms with E-state index in [9.17, 15) is 9.59 Å². The van der Waals surface area contributed by atoms with Gasteiger partial charge in [-0.1, -0.05) is 27.7 Å². The van der Waals surface area contributed by atoms with Gasteiger partial charge in [0.25, 0.3) is 0 Å². The number of carbonyl (C=O) groups is 2. The summed E-state index contributed by atoms with van der Waals surface area (Å²) in [4.78, 5) is 25.5. The second-order valence-corrected chi connectivity index (χ2v) is 13.3. The smallest absolute Gasteiger partial charge is 0.250 e. The van der Waals surface area contributed by atoms with Gasteiger partial charge in [-0.3, -0.25) is 9.59 Å². The van der Waals surface area contributed by atoms with Crippen LogP contribution in [0.3, 0.4) is 0 Å². The summed E-state index contributed by atoms with van der Waals surface area (Å²) >= 11 is 0. The highest BCUT2D eigenvalue weighted by atomic mass is 28.4. The van der Waals surface area contributed by atoms with Gasteiger partial charge in [-0.25, -0.2) is 0 Å². The van der Waals surface area contributed by atoms with Crippen LogP contribution in [0, 0.1) is 17.8 Å². The monoisotopic (exact) mass is 350 g/mol. The fourth-order valence-corrected chi connectivity index (χ4v) is 4.50. The quantitative estimate of drug-likeness (QED) is 0.715. The van der Waals surface area contributed by atoms with Crippen LogP contribution in [0.2, 0.25) is 18.1 Å². The average Bonchev–Trinajstić information content (AvgIpc) is 2.43. The Morgan fingerprint density at radius 2 is 1.75 bits per heavy atom. The molecule has 0 fully saturated rings. The standard InChI is InChI=1S/C19H30O4Si/c1-11-9-13(23-24(7,8)19(3,4)5)10-14-15(11)17(21)18(22-6)12(2)16(14)20/h9,11,14-15H,10H2,1-8H3/t11-,14+,15-/m1/s1. The number of carbonyl (C=O) groups excluding carboxylic acids is 2. The van der Waals surface area contributed by atoms with Crippen molar-refractivity contribution in [3.05, 3.63) is 23.2 Å². The highest BCUT2D eigenvalue weighted by molar-refractivity contribution is 6.74. The first-order valence-corrected chi connectivity index (χ1v) is 11.5. The molecule has 0 N–H and O–H groups in total. The minimum absolute atomic E-state index is 0.0210. The highest BCUT2D eigenvalue weighted by Crippen LogP contribution is 2.45. The third-order valence-electron chi connectivity index (χ3n) is 5.84. The predicted molar refractivity (Wildman–Crippen MR) is 96.8 cm³/mol. The zero-order chi connectivity index (χ0) is 18.4. The Morgan fingerprint density at radius 3 is 2.25 bits per heavy atom. The summed E-state index contributed by atoms with van der Waals surface area (Å²) in [5.74, 6) is 0.403. The molecule has 0 bridgehead atoms. The van der Waals surface area contributed by atoms with Crippen molar-refractivity contribution in [2.24, 2.45) is 17.8 Å². The lowest BCUT2D eigenvalue weighted by molar-refractivity contribution is -0.135. The van der Waals surface area contributed by atoms with Gasteiger partial charge in [-0.15, -0.1) is 0 Å². The molecule has 5 heteroatoms. The van der Waals surface area contributed by atoms with Crippen molar-refractivity contribution in [1.82, 2.24) is 0 Å². The lowest BCUT2D eigenvalue weighted by atomic mass is 9.67. The summed E-state index contributed by atoms with van der Waals surface area (Å²) in [5.41, 5.74) is 0.449. The number of hydrogen-bond donors (Lipinski definition) is 0. The van der Waals surface area contributed by atoms with Crippen molar-refractivity contribution in [3.8, 4) is 0 Å². The molecule has 24 heavy (non-hydrogen) atoms. The summed E-state index contributed by atoms with van der Waals surface area (Å²) in [6, 6.07) is 0. The topological polar surface area (TPSA) is 52.6 Å². The van der Waals surface area contributed by atoms with Gasteiger partial charge in [0.15, 0.2) is 11.5 Å². The molecule has 134 valence electrons. The number of Topliss-reactive ketones (excluding diaryl/α,β-unsaturated/α-hetero) is 2. The van der Waals surface area contributed by atoms with Gasteiger partial charge in [-0.2, -0.15) is 0 Å². The molecule has 0 amide bonds. The Morgan fingerprint density at radius 1 is 1.17 bits per heavy atom. The Kier molecular flexibility index (Phi) is 4.88. The Balaban J connectivity index is 2.33. The minimum atomic E-state index is -1.96. The molecule has 3 atom stereocenters. The molecule has 2 aliphatic carbocycles. The van der Waals surface area contributed by atoms with Gasteiger partial charge in [0.05, 0.1) is 12.9 Å². The number of hydrogen-bond acceptors (Lipinski definition) is 4. The van der Waals surface area contributed by atoms with E-state index in [-0.39, 0.29) is 40.1 Å². The van der Waals surface area contributed by atoms with E-state index in [1.54, 1.807) is 6.92 Å². The molecule has 4 nitrogen and oxygen atoms in total. The molecule has 0 unspecified atom stereocenters. The van der Waals surface area contributed by atoms with Gasteiger partial charge >= 0.3 is 0 Å². The zero-order valence-electron chi connectivity index (χ0n) is 16.1. The third kappa shape index (κ3) is 3.10. The van der Waals surface area contributed by atoms with Gasteiger partial charge < -0.3 is 9.16 Å². The van der Waals surface area contributed by atoms with E-state index in [2.05, 4.69) is 33.9 Å². The predicted octanol–water partition coefficient (Wildman–Crippen LogP) is 4.24. The summed E-state index contributed by atoms with van der Waals surface area (Å²) in [7, 11) is -0.498. The van der Waals surface area contributed by atoms with E-state index < -0.39 is 8.32 Å². The van der Waals surface area contributed by atoms with E-state index in [0.29, 0.717) is 12.0 Å². The average molecular weight is 351 g/mol. The lowest BCUT2D eigenvalue weighted by Crippen LogP contribution is -2.45. The first-order valence-electron chi connectivity index (χ1n) is 8.63. The van der Waals surface area contributed by atoms with Gasteiger partial charge in [0.1, 0.15) is 0 Å². The molecule has 0 saturated carbocycles. The summed E-state index contributed by atoms with van der Waals surface area (Å²) < 4.78 is 11.6. The number of ketones is 2. The number of rotatable bonds is 3. The van der Waals surface area contributed by atoms with Crippen molar-refractivity contribution in [2.75, 3.05) is 7.11 Å². The van der Waals surface area contributed by atoms with Crippen LogP contribution in [0.4, 0.5) is 0 Å². The maximum atomic E-state index is 12.8. The molecule has 2 rings (SSSR count). The number of ether oxygens (including phenoxy) is 1. The molecule has 0 aromatic heterocycles. The van der Waals surface area contributed by atoms with Crippen molar-refractivity contribution < 1.29 is 18.8 Å². The lowest BCUT2D eigenvalue weighted by Gasteiger charge is -2.42. The summed E-state index contributed by atoms with van der Waals surface area (Å²) in [6.45, 7) is 14.7. The normalized spacial score (nSPS) is 28.5. The van der Waals surface area contributed by atoms with Crippen molar-refractivity contribution in [1.29, 1.82) is 0 Å². The first-order chi connectivity index (χ1) is 10.9. The zero-order valence-corrected chi connectivity index (χ0v) is 17.1. The summed E-state index contributed by atoms with van der Waals surface area (Å²) in [6.07, 6.45) is 2.56. The molecule has 2 aliphatic rings. The second-order valence-electron chi connectivity index (χ2n) is 8.58. The highest BCUT2D eigenvalue weighted by Gasteiger charge is 2.48. The molecule has 0 spiro atoms. The Bertz CT molecular complexity index is 622. The maximum Gasteiger partial charge on any atom is 0.250 e. The van der Waals surface area contributed by atoms with Crippen LogP contribution in [0.25, 0.3) is 0 Å². The molecule has 0 radical (unpaired) electrons. The molecule has 0 aromatic rings. The second kappa shape index (κ2) is 6.17. The van der Waals surface area contributed by atoms with E-state index >= 15 is 0 Å². The number of fused-ring (bicyclic) bond motifs is 1. The molecule has 0 aliphatic heterocycles. The van der Waals surface area contributed by atoms with E-state index in [4.69, 9.17) is 9.16 Å². The van der Waals surface area contributed by atoms with Crippen LogP contribution < -0.4 is 0 Å². The van der Waals surface area contributed by atoms with Crippen molar-refractivity contribution >= 4 is 19.9 Å². The number of allylic oxidation sites excluding steroid dienone is 4. The molecule has 0 saturated heterocycles. The molecular weight excluding hydrogens is 320 g/mol. The molecular formula is C19H30O4Si. The van der Waals surface area contributed by atoms with E-state index in [0.717, 1.165) is 5.76 Å². The van der Waals surface area contributed by atoms with Crippen LogP contribution in [0.5, 0.6) is 0 Å². The summed E-state index contributed by atoms with van der Waals surface area (Å²) in [5, 5.41) is 0.0966. The Hall–Kier alpha value is -1.36. The number of methoxy groups -OCH3 is 1. The largest absolute Gasteiger partial charge is 0.547 e. The minimum Gasteiger partial charge on any atom is -0.547 e. The maximum absolute atomic E-state index is 12.8. The van der Waals surface area contributed by atoms with Crippen LogP contribution in [-0.2, 0) is 18.8 Å². The van der Waals surface area contributed by atoms with Gasteiger partial charge in [0, 0.05) is 23.8 Å². The Labute approximate surface area is 146 Å². The third-order valence-corrected chi connectivity index (χ3v) is 10.2. The van der Waals surface area contributed by atoms with Gasteiger partial charge in [-0.05, 0) is 37.0 Å². The van der Waals surface area contributed by atoms with Crippen LogP contribution in [0.1, 0.15) is 41.0 Å². The van der Waals surface area contributed by atoms with E-state index in [1.807, 2.05) is 13.0 Å². The van der Waals surface area contributed by atoms with Crippen LogP contribution in [-0.4, -0.2) is 27.0 Å². The van der Waals surface area contributed by atoms with Crippen molar-refractivity contribution in [2.45, 2.75) is 59.2 Å². The van der Waals surface area contributed by atoms with Crippen LogP contribution in [0.15, 0.2) is 23.2 Å². The SMILES string of the molecule is COC1=C(C)C(=O)[C@H]2CC(O[Si](C)(C)C(C)(C)C)=C[C@@H](C)[C@H]2C1=O. The molecule has 0 aromatic carbocycles. The van der Waals surface area contributed by atoms with Gasteiger partial charge in [0.2, 0.25) is 14.1 Å². The first kappa shape index (κ1) is 19.0. The fourth-order valence-electron chi connectivity index (χ4n) is 3.39. The van der Waals surface area contributed by atoms with Crippen molar-refractivity contribution in [3.63, 3.8) is 0 Å². The van der Waals surface area contributed by atoms with Crippen LogP contribution >= 0.6 is 0 Å². The van der Waals surface area contributed by atoms with E-state index in [1.165, 1.54) is 7.11 Å². The fraction of sp³-hybridized carbons (Fsp3) is 0.684. The molecule has 0 heterocycles.